The Morgan fingerprint density at radius 1 is 1.50 bits per heavy atom. The molecular weight excluding hydrogens is 154 g/mol. The van der Waals surface area contributed by atoms with E-state index >= 15 is 0 Å². The number of aryl methyl sites for hydroxylation is 1. The van der Waals surface area contributed by atoms with Gasteiger partial charge in [-0.05, 0) is 14.0 Å². The molecule has 0 amide bonds. The lowest BCUT2D eigenvalue weighted by Crippen LogP contribution is -2.18. The summed E-state index contributed by atoms with van der Waals surface area (Å²) < 4.78 is 0. The Balaban J connectivity index is 2.79. The van der Waals surface area contributed by atoms with Gasteiger partial charge in [0.05, 0.1) is 11.4 Å². The third kappa shape index (κ3) is 1.99. The number of hydrogen-bond donors (Lipinski definition) is 2. The molecule has 0 saturated carbocycles. The maximum Gasteiger partial charge on any atom is 0.110 e. The zero-order chi connectivity index (χ0) is 8.97. The fraction of sp³-hybridized carbons (Fsp3) is 0.500. The number of nitrogens with one attached hydrogen (secondary N) is 1. The molecule has 0 bridgehead atoms. The van der Waals surface area contributed by atoms with E-state index in [1.165, 1.54) is 0 Å². The average molecular weight is 167 g/mol. The van der Waals surface area contributed by atoms with Gasteiger partial charge in [0, 0.05) is 18.9 Å². The molecule has 1 unspecified atom stereocenters. The second kappa shape index (κ2) is 4.13. The molecule has 4 heteroatoms. The van der Waals surface area contributed by atoms with Crippen molar-refractivity contribution in [2.75, 3.05) is 13.6 Å². The lowest BCUT2D eigenvalue weighted by molar-refractivity contribution is 0.171. The maximum absolute atomic E-state index is 9.54. The van der Waals surface area contributed by atoms with Crippen LogP contribution in [0, 0.1) is 6.92 Å². The Labute approximate surface area is 71.7 Å². The largest absolute Gasteiger partial charge is 0.385 e. The minimum absolute atomic E-state index is 0.500. The number of hydrogen-bond acceptors (Lipinski definition) is 4. The quantitative estimate of drug-likeness (QED) is 0.667. The summed E-state index contributed by atoms with van der Waals surface area (Å²) in [5.74, 6) is 0. The molecule has 12 heavy (non-hydrogen) atoms. The van der Waals surface area contributed by atoms with Gasteiger partial charge in [0.15, 0.2) is 0 Å². The van der Waals surface area contributed by atoms with Gasteiger partial charge < -0.3 is 10.4 Å². The molecule has 4 nitrogen and oxygen atoms in total. The summed E-state index contributed by atoms with van der Waals surface area (Å²) in [5.41, 5.74) is 1.42. The Hall–Kier alpha value is -1.00. The SMILES string of the molecule is CNCC(O)c1nccnc1C. The van der Waals surface area contributed by atoms with Crippen molar-refractivity contribution in [3.05, 3.63) is 23.8 Å². The minimum atomic E-state index is -0.566. The number of aromatic nitrogens is 2. The van der Waals surface area contributed by atoms with Crippen LogP contribution in [0.1, 0.15) is 17.5 Å². The molecule has 0 aliphatic heterocycles. The van der Waals surface area contributed by atoms with Gasteiger partial charge in [0.25, 0.3) is 0 Å². The van der Waals surface area contributed by atoms with Crippen molar-refractivity contribution in [3.8, 4) is 0 Å². The lowest BCUT2D eigenvalue weighted by atomic mass is 10.2. The van der Waals surface area contributed by atoms with Crippen LogP contribution >= 0.6 is 0 Å². The first-order valence-electron chi connectivity index (χ1n) is 3.86. The zero-order valence-electron chi connectivity index (χ0n) is 7.28. The van der Waals surface area contributed by atoms with Crippen LogP contribution in [0.3, 0.4) is 0 Å². The van der Waals surface area contributed by atoms with Gasteiger partial charge in [-0.3, -0.25) is 9.97 Å². The average Bonchev–Trinajstić information content (AvgIpc) is 2.05. The van der Waals surface area contributed by atoms with Gasteiger partial charge in [-0.2, -0.15) is 0 Å². The summed E-state index contributed by atoms with van der Waals surface area (Å²) in [6, 6.07) is 0. The van der Waals surface area contributed by atoms with Crippen LogP contribution in [0.15, 0.2) is 12.4 Å². The highest BCUT2D eigenvalue weighted by molar-refractivity contribution is 5.11. The third-order valence-corrected chi connectivity index (χ3v) is 1.63. The number of rotatable bonds is 3. The van der Waals surface area contributed by atoms with Crippen molar-refractivity contribution in [2.45, 2.75) is 13.0 Å². The monoisotopic (exact) mass is 167 g/mol. The van der Waals surface area contributed by atoms with Crippen LogP contribution < -0.4 is 5.32 Å². The maximum atomic E-state index is 9.54. The van der Waals surface area contributed by atoms with Crippen molar-refractivity contribution in [2.24, 2.45) is 0 Å². The minimum Gasteiger partial charge on any atom is -0.385 e. The molecule has 0 fully saturated rings. The highest BCUT2D eigenvalue weighted by Gasteiger charge is 2.10. The number of nitrogens with zero attached hydrogens (tertiary/aromatic N) is 2. The topological polar surface area (TPSA) is 58.0 Å². The molecular formula is C8H13N3O. The Morgan fingerprint density at radius 3 is 2.75 bits per heavy atom. The lowest BCUT2D eigenvalue weighted by Gasteiger charge is -2.10. The van der Waals surface area contributed by atoms with Crippen molar-refractivity contribution in [1.29, 1.82) is 0 Å². The van der Waals surface area contributed by atoms with Crippen LogP contribution in [-0.4, -0.2) is 28.7 Å². The smallest absolute Gasteiger partial charge is 0.110 e. The van der Waals surface area contributed by atoms with E-state index in [2.05, 4.69) is 15.3 Å². The van der Waals surface area contributed by atoms with Crippen LogP contribution in [0.2, 0.25) is 0 Å². The van der Waals surface area contributed by atoms with E-state index in [0.29, 0.717) is 12.2 Å². The highest BCUT2D eigenvalue weighted by Crippen LogP contribution is 2.10. The van der Waals surface area contributed by atoms with Crippen LogP contribution in [0.25, 0.3) is 0 Å². The summed E-state index contributed by atoms with van der Waals surface area (Å²) in [6.45, 7) is 2.33. The van der Waals surface area contributed by atoms with E-state index in [1.54, 1.807) is 19.4 Å². The molecule has 66 valence electrons. The molecule has 1 aromatic heterocycles. The summed E-state index contributed by atoms with van der Waals surface area (Å²) in [5, 5.41) is 12.4. The van der Waals surface area contributed by atoms with Crippen LogP contribution in [-0.2, 0) is 0 Å². The van der Waals surface area contributed by atoms with E-state index < -0.39 is 6.10 Å². The van der Waals surface area contributed by atoms with Crippen molar-refractivity contribution in [3.63, 3.8) is 0 Å². The van der Waals surface area contributed by atoms with E-state index in [9.17, 15) is 5.11 Å². The van der Waals surface area contributed by atoms with Crippen molar-refractivity contribution in [1.82, 2.24) is 15.3 Å². The Morgan fingerprint density at radius 2 is 2.17 bits per heavy atom. The van der Waals surface area contributed by atoms with Crippen LogP contribution in [0.4, 0.5) is 0 Å². The normalized spacial score (nSPS) is 12.9. The molecule has 0 aromatic carbocycles. The fourth-order valence-electron chi connectivity index (χ4n) is 1.04. The van der Waals surface area contributed by atoms with Crippen molar-refractivity contribution < 1.29 is 5.11 Å². The van der Waals surface area contributed by atoms with Crippen molar-refractivity contribution >= 4 is 0 Å². The number of aliphatic hydroxyl groups is 1. The van der Waals surface area contributed by atoms with E-state index in [0.717, 1.165) is 5.69 Å². The molecule has 0 spiro atoms. The first-order chi connectivity index (χ1) is 5.75. The second-order valence-electron chi connectivity index (χ2n) is 2.60. The first kappa shape index (κ1) is 9.09. The zero-order valence-corrected chi connectivity index (χ0v) is 7.28. The predicted octanol–water partition coefficient (Wildman–Crippen LogP) is 0.0378. The van der Waals surface area contributed by atoms with Gasteiger partial charge in [0.2, 0.25) is 0 Å². The summed E-state index contributed by atoms with van der Waals surface area (Å²) in [7, 11) is 1.79. The molecule has 0 saturated heterocycles. The van der Waals surface area contributed by atoms with E-state index in [-0.39, 0.29) is 0 Å². The van der Waals surface area contributed by atoms with E-state index in [4.69, 9.17) is 0 Å². The van der Waals surface area contributed by atoms with Gasteiger partial charge in [0.1, 0.15) is 6.10 Å². The molecule has 1 aromatic rings. The Bertz CT molecular complexity index is 252. The number of aliphatic hydroxyl groups excluding tert-OH is 1. The molecule has 0 aliphatic carbocycles. The molecule has 1 rings (SSSR count). The fourth-order valence-corrected chi connectivity index (χ4v) is 1.04. The molecule has 0 aliphatic rings. The number of likely N-dealkylation sites (N-methyl/N-ethyl adjacent to an activating group) is 1. The van der Waals surface area contributed by atoms with Gasteiger partial charge in [-0.25, -0.2) is 0 Å². The van der Waals surface area contributed by atoms with Gasteiger partial charge in [-0.1, -0.05) is 0 Å². The standard InChI is InChI=1S/C8H13N3O/c1-6-8(7(12)5-9-2)11-4-3-10-6/h3-4,7,9,12H,5H2,1-2H3. The summed E-state index contributed by atoms with van der Waals surface area (Å²) in [4.78, 5) is 8.08. The highest BCUT2D eigenvalue weighted by atomic mass is 16.3. The van der Waals surface area contributed by atoms with Crippen LogP contribution in [0.5, 0.6) is 0 Å². The van der Waals surface area contributed by atoms with Gasteiger partial charge in [-0.15, -0.1) is 0 Å². The first-order valence-corrected chi connectivity index (χ1v) is 3.86. The molecule has 0 radical (unpaired) electrons. The summed E-state index contributed by atoms with van der Waals surface area (Å²) >= 11 is 0. The third-order valence-electron chi connectivity index (χ3n) is 1.63. The Kier molecular flexibility index (Phi) is 3.13. The predicted molar refractivity (Wildman–Crippen MR) is 45.7 cm³/mol. The second-order valence-corrected chi connectivity index (χ2v) is 2.60. The molecule has 2 N–H and O–H groups in total. The molecule has 1 atom stereocenters. The van der Waals surface area contributed by atoms with E-state index in [1.807, 2.05) is 6.92 Å². The molecule has 1 heterocycles. The summed E-state index contributed by atoms with van der Waals surface area (Å²) in [6.07, 6.45) is 2.63. The van der Waals surface area contributed by atoms with Gasteiger partial charge >= 0.3 is 0 Å².